The molecule has 0 N–H and O–H groups in total. The smallest absolute Gasteiger partial charge is 0.223 e. The molecule has 3 nitrogen and oxygen atoms in total. The highest BCUT2D eigenvalue weighted by Gasteiger charge is 2.03. The summed E-state index contributed by atoms with van der Waals surface area (Å²) in [5.41, 5.74) is 0.505. The first kappa shape index (κ1) is 8.71. The third-order valence-corrected chi connectivity index (χ3v) is 1.40. The molecule has 0 radical (unpaired) electrons. The van der Waals surface area contributed by atoms with E-state index in [1.807, 2.05) is 13.0 Å². The molecule has 1 aliphatic rings. The van der Waals surface area contributed by atoms with Crippen LogP contribution in [0, 0.1) is 0 Å². The van der Waals surface area contributed by atoms with Gasteiger partial charge in [-0.25, -0.2) is 4.99 Å². The molecule has 0 bridgehead atoms. The Labute approximate surface area is 71.4 Å². The van der Waals surface area contributed by atoms with Crippen LogP contribution in [0.5, 0.6) is 0 Å². The van der Waals surface area contributed by atoms with Crippen molar-refractivity contribution < 1.29 is 9.53 Å². The Morgan fingerprint density at radius 3 is 3.25 bits per heavy atom. The van der Waals surface area contributed by atoms with Crippen molar-refractivity contribution in [2.75, 3.05) is 6.61 Å². The first-order chi connectivity index (χ1) is 5.88. The maximum absolute atomic E-state index is 10.5. The van der Waals surface area contributed by atoms with Crippen molar-refractivity contribution in [2.45, 2.75) is 13.3 Å². The molecular formula is C9H11NO2. The zero-order chi connectivity index (χ0) is 8.81. The van der Waals surface area contributed by atoms with Gasteiger partial charge in [-0.3, -0.25) is 4.79 Å². The molecule has 0 spiro atoms. The van der Waals surface area contributed by atoms with Gasteiger partial charge in [-0.2, -0.15) is 0 Å². The van der Waals surface area contributed by atoms with Crippen LogP contribution < -0.4 is 0 Å². The van der Waals surface area contributed by atoms with Gasteiger partial charge in [0.15, 0.2) is 6.29 Å². The number of hydrogen-bond acceptors (Lipinski definition) is 3. The fraction of sp³-hybridized carbons (Fsp3) is 0.333. The molecule has 0 aromatic carbocycles. The Kier molecular flexibility index (Phi) is 3.26. The van der Waals surface area contributed by atoms with Gasteiger partial charge in [0.2, 0.25) is 5.88 Å². The minimum absolute atomic E-state index is 0.418. The maximum Gasteiger partial charge on any atom is 0.223 e. The van der Waals surface area contributed by atoms with Crippen molar-refractivity contribution in [3.63, 3.8) is 0 Å². The van der Waals surface area contributed by atoms with Crippen LogP contribution in [0.15, 0.2) is 28.6 Å². The molecule has 0 saturated heterocycles. The molecule has 3 heteroatoms. The summed E-state index contributed by atoms with van der Waals surface area (Å²) in [5.74, 6) is 0.418. The van der Waals surface area contributed by atoms with E-state index in [4.69, 9.17) is 4.74 Å². The van der Waals surface area contributed by atoms with E-state index in [9.17, 15) is 4.79 Å². The molecule has 0 aromatic heterocycles. The predicted octanol–water partition coefficient (Wildman–Crippen LogP) is 1.46. The Bertz CT molecular complexity index is 251. The fourth-order valence-electron chi connectivity index (χ4n) is 0.884. The third-order valence-electron chi connectivity index (χ3n) is 1.40. The lowest BCUT2D eigenvalue weighted by Gasteiger charge is -2.02. The van der Waals surface area contributed by atoms with Crippen molar-refractivity contribution in [3.05, 3.63) is 23.6 Å². The lowest BCUT2D eigenvalue weighted by Crippen LogP contribution is -1.94. The topological polar surface area (TPSA) is 38.7 Å². The SMILES string of the molecule is CCOC1=C(C=O)C=CCC=N1. The highest BCUT2D eigenvalue weighted by atomic mass is 16.5. The molecule has 0 aliphatic carbocycles. The van der Waals surface area contributed by atoms with Crippen LogP contribution in [0.2, 0.25) is 0 Å². The molecule has 0 unspecified atom stereocenters. The summed E-state index contributed by atoms with van der Waals surface area (Å²) in [6.07, 6.45) is 6.82. The van der Waals surface area contributed by atoms with Crippen LogP contribution in [-0.4, -0.2) is 19.1 Å². The van der Waals surface area contributed by atoms with Crippen LogP contribution in [0.3, 0.4) is 0 Å². The van der Waals surface area contributed by atoms with Crippen LogP contribution in [0.4, 0.5) is 0 Å². The molecule has 0 atom stereocenters. The first-order valence-corrected chi connectivity index (χ1v) is 3.89. The number of ether oxygens (including phenoxy) is 1. The fourth-order valence-corrected chi connectivity index (χ4v) is 0.884. The second-order valence-electron chi connectivity index (χ2n) is 2.26. The van der Waals surface area contributed by atoms with Gasteiger partial charge < -0.3 is 4.74 Å². The standard InChI is InChI=1S/C9H11NO2/c1-2-12-9-8(7-11)5-3-4-6-10-9/h3,5-7H,2,4H2,1H3. The van der Waals surface area contributed by atoms with E-state index >= 15 is 0 Å². The Morgan fingerprint density at radius 1 is 1.75 bits per heavy atom. The predicted molar refractivity (Wildman–Crippen MR) is 47.0 cm³/mol. The summed E-state index contributed by atoms with van der Waals surface area (Å²) in [7, 11) is 0. The largest absolute Gasteiger partial charge is 0.477 e. The summed E-state index contributed by atoms with van der Waals surface area (Å²) in [6, 6.07) is 0. The van der Waals surface area contributed by atoms with Gasteiger partial charge in [0.05, 0.1) is 12.2 Å². The van der Waals surface area contributed by atoms with Crippen LogP contribution >= 0.6 is 0 Å². The quantitative estimate of drug-likeness (QED) is 0.594. The first-order valence-electron chi connectivity index (χ1n) is 3.89. The van der Waals surface area contributed by atoms with E-state index in [0.29, 0.717) is 18.1 Å². The number of rotatable bonds is 3. The van der Waals surface area contributed by atoms with Crippen molar-refractivity contribution in [2.24, 2.45) is 4.99 Å². The van der Waals surface area contributed by atoms with Gasteiger partial charge in [0.25, 0.3) is 0 Å². The van der Waals surface area contributed by atoms with Gasteiger partial charge >= 0.3 is 0 Å². The summed E-state index contributed by atoms with van der Waals surface area (Å²) in [5, 5.41) is 0. The minimum atomic E-state index is 0.418. The summed E-state index contributed by atoms with van der Waals surface area (Å²) in [6.45, 7) is 2.39. The van der Waals surface area contributed by atoms with Gasteiger partial charge in [-0.1, -0.05) is 6.08 Å². The normalized spacial score (nSPS) is 16.1. The molecule has 0 aromatic rings. The van der Waals surface area contributed by atoms with E-state index in [0.717, 1.165) is 12.7 Å². The number of aliphatic imine (C=N–C) groups is 1. The van der Waals surface area contributed by atoms with Crippen LogP contribution in [0.1, 0.15) is 13.3 Å². The monoisotopic (exact) mass is 165 g/mol. The van der Waals surface area contributed by atoms with Gasteiger partial charge in [-0.15, -0.1) is 0 Å². The van der Waals surface area contributed by atoms with Gasteiger partial charge in [0, 0.05) is 12.6 Å². The molecule has 12 heavy (non-hydrogen) atoms. The molecule has 64 valence electrons. The molecule has 0 saturated carbocycles. The Morgan fingerprint density at radius 2 is 2.58 bits per heavy atom. The van der Waals surface area contributed by atoms with Crippen molar-refractivity contribution in [1.82, 2.24) is 0 Å². The molecule has 0 fully saturated rings. The van der Waals surface area contributed by atoms with E-state index in [1.165, 1.54) is 0 Å². The average molecular weight is 165 g/mol. The zero-order valence-corrected chi connectivity index (χ0v) is 6.99. The average Bonchev–Trinajstić information content (AvgIpc) is 2.30. The van der Waals surface area contributed by atoms with Crippen molar-refractivity contribution in [1.29, 1.82) is 0 Å². The van der Waals surface area contributed by atoms with Gasteiger partial charge in [0.1, 0.15) is 0 Å². The lowest BCUT2D eigenvalue weighted by molar-refractivity contribution is -0.104. The molecule has 0 amide bonds. The van der Waals surface area contributed by atoms with Crippen molar-refractivity contribution >= 4 is 12.5 Å². The van der Waals surface area contributed by atoms with Gasteiger partial charge in [-0.05, 0) is 13.0 Å². The zero-order valence-electron chi connectivity index (χ0n) is 6.99. The Hall–Kier alpha value is -1.38. The lowest BCUT2D eigenvalue weighted by atomic mass is 10.3. The summed E-state index contributed by atoms with van der Waals surface area (Å²) in [4.78, 5) is 14.5. The number of allylic oxidation sites excluding steroid dienone is 3. The van der Waals surface area contributed by atoms with E-state index in [1.54, 1.807) is 12.3 Å². The molecule has 1 rings (SSSR count). The van der Waals surface area contributed by atoms with E-state index in [2.05, 4.69) is 4.99 Å². The van der Waals surface area contributed by atoms with Crippen molar-refractivity contribution in [3.8, 4) is 0 Å². The summed E-state index contributed by atoms with van der Waals surface area (Å²) >= 11 is 0. The van der Waals surface area contributed by atoms with Crippen LogP contribution in [0.25, 0.3) is 0 Å². The highest BCUT2D eigenvalue weighted by molar-refractivity contribution is 5.80. The molecule has 1 heterocycles. The maximum atomic E-state index is 10.5. The number of aldehydes is 1. The molecular weight excluding hydrogens is 154 g/mol. The minimum Gasteiger partial charge on any atom is -0.477 e. The van der Waals surface area contributed by atoms with E-state index < -0.39 is 0 Å². The molecule has 1 aliphatic heterocycles. The second kappa shape index (κ2) is 4.49. The number of nitrogens with zero attached hydrogens (tertiary/aromatic N) is 1. The number of hydrogen-bond donors (Lipinski definition) is 0. The van der Waals surface area contributed by atoms with Crippen LogP contribution in [-0.2, 0) is 9.53 Å². The second-order valence-corrected chi connectivity index (χ2v) is 2.26. The summed E-state index contributed by atoms with van der Waals surface area (Å²) < 4.78 is 5.17. The highest BCUT2D eigenvalue weighted by Crippen LogP contribution is 2.10. The Balaban J connectivity index is 2.90. The van der Waals surface area contributed by atoms with E-state index in [-0.39, 0.29) is 0 Å². The number of carbonyl (C=O) groups excluding carboxylic acids is 1. The third kappa shape index (κ3) is 2.05. The number of carbonyl (C=O) groups is 1.